The van der Waals surface area contributed by atoms with Gasteiger partial charge in [0.15, 0.2) is 15.9 Å². The molecule has 3 heterocycles. The van der Waals surface area contributed by atoms with Gasteiger partial charge in [-0.15, -0.1) is 21.5 Å². The van der Waals surface area contributed by atoms with E-state index in [2.05, 4.69) is 47.7 Å². The number of nitrogens with one attached hydrogen (secondary N) is 1. The van der Waals surface area contributed by atoms with E-state index in [1.165, 1.54) is 16.2 Å². The summed E-state index contributed by atoms with van der Waals surface area (Å²) in [7, 11) is 4.32. The third kappa shape index (κ3) is 4.41. The monoisotopic (exact) mass is 407 g/mol. The van der Waals surface area contributed by atoms with Crippen LogP contribution in [0.2, 0.25) is 0 Å². The molecule has 0 aliphatic rings. The normalized spacial score (nSPS) is 12.9. The molecule has 3 rings (SSSR count). The van der Waals surface area contributed by atoms with Crippen molar-refractivity contribution in [3.63, 3.8) is 0 Å². The highest BCUT2D eigenvalue weighted by Crippen LogP contribution is 2.24. The van der Waals surface area contributed by atoms with Crippen LogP contribution in [0.5, 0.6) is 0 Å². The Kier molecular flexibility index (Phi) is 6.67. The summed E-state index contributed by atoms with van der Waals surface area (Å²) in [5, 5.41) is 11.8. The molecule has 7 nitrogen and oxygen atoms in total. The average Bonchev–Trinajstić information content (AvgIpc) is 3.26. The van der Waals surface area contributed by atoms with Gasteiger partial charge in [-0.1, -0.05) is 32.0 Å². The number of aromatic nitrogens is 5. The molecule has 146 valence electrons. The van der Waals surface area contributed by atoms with Crippen molar-refractivity contribution in [3.05, 3.63) is 39.5 Å². The number of nitrogens with zero attached hydrogens (tertiary/aromatic N) is 5. The van der Waals surface area contributed by atoms with Gasteiger partial charge in [-0.05, 0) is 6.42 Å². The quantitative estimate of drug-likeness (QED) is 0.550. The second-order valence-corrected chi connectivity index (χ2v) is 8.63. The van der Waals surface area contributed by atoms with Gasteiger partial charge in [-0.3, -0.25) is 9.20 Å². The fourth-order valence-electron chi connectivity index (χ4n) is 3.14. The van der Waals surface area contributed by atoms with Gasteiger partial charge in [-0.25, -0.2) is 4.98 Å². The van der Waals surface area contributed by atoms with Crippen LogP contribution in [0.25, 0.3) is 4.96 Å². The summed E-state index contributed by atoms with van der Waals surface area (Å²) in [4.78, 5) is 18.8. The Labute approximate surface area is 167 Å². The smallest absolute Gasteiger partial charge is 0.258 e. The highest BCUT2D eigenvalue weighted by atomic mass is 32.2. The molecule has 9 heteroatoms. The highest BCUT2D eigenvalue weighted by molar-refractivity contribution is 7.98. The third-order valence-electron chi connectivity index (χ3n) is 4.60. The molecule has 0 bridgehead atoms. The molecular formula is C18H27N6OS2+. The van der Waals surface area contributed by atoms with Crippen LogP contribution in [-0.2, 0) is 12.3 Å². The van der Waals surface area contributed by atoms with Gasteiger partial charge < -0.3 is 9.47 Å². The number of thioether (sulfide) groups is 1. The van der Waals surface area contributed by atoms with Gasteiger partial charge in [0.1, 0.15) is 6.04 Å². The highest BCUT2D eigenvalue weighted by Gasteiger charge is 2.24. The summed E-state index contributed by atoms with van der Waals surface area (Å²) >= 11 is 3.08. The predicted octanol–water partition coefficient (Wildman–Crippen LogP) is 2.04. The summed E-state index contributed by atoms with van der Waals surface area (Å²) in [5.41, 5.74) is 0.747. The van der Waals surface area contributed by atoms with Crippen molar-refractivity contribution >= 4 is 28.1 Å². The maximum absolute atomic E-state index is 12.2. The maximum Gasteiger partial charge on any atom is 0.258 e. The molecule has 0 aliphatic carbocycles. The van der Waals surface area contributed by atoms with Crippen LogP contribution in [0.1, 0.15) is 50.7 Å². The number of hydrogen-bond acceptors (Lipinski definition) is 6. The minimum atomic E-state index is -0.0350. The summed E-state index contributed by atoms with van der Waals surface area (Å²) in [6.45, 7) is 5.31. The molecule has 3 aromatic rings. The van der Waals surface area contributed by atoms with Crippen LogP contribution in [0, 0.1) is 0 Å². The molecule has 1 N–H and O–H groups in total. The van der Waals surface area contributed by atoms with Gasteiger partial charge in [0.25, 0.3) is 5.56 Å². The standard InChI is InChI=1S/C18H26N6OS2/c1-5-7-8-24-16(14(6-2)22(3)4)20-21-18(24)27-12-13-11-15(25)23-9-10-26-17(23)19-13/h9-11,14H,5-8,12H2,1-4H3/p+1/t14-/m0/s1. The van der Waals surface area contributed by atoms with Crippen molar-refractivity contribution in [3.8, 4) is 0 Å². The van der Waals surface area contributed by atoms with E-state index in [0.29, 0.717) is 11.8 Å². The van der Waals surface area contributed by atoms with E-state index in [-0.39, 0.29) is 5.56 Å². The SMILES string of the molecule is CCCCn1c(SCc2cc(=O)n3ccsc3n2)nnc1[C@H](CC)[NH+](C)C. The Hall–Kier alpha value is -1.71. The van der Waals surface area contributed by atoms with Gasteiger partial charge in [0.05, 0.1) is 19.8 Å². The Balaban J connectivity index is 1.84. The lowest BCUT2D eigenvalue weighted by molar-refractivity contribution is -0.893. The number of fused-ring (bicyclic) bond motifs is 1. The molecule has 0 unspecified atom stereocenters. The van der Waals surface area contributed by atoms with Crippen LogP contribution < -0.4 is 10.5 Å². The molecular weight excluding hydrogens is 380 g/mol. The number of quaternary nitrogens is 1. The van der Waals surface area contributed by atoms with Crippen molar-refractivity contribution in [2.45, 2.75) is 56.6 Å². The van der Waals surface area contributed by atoms with Crippen molar-refractivity contribution < 1.29 is 4.90 Å². The van der Waals surface area contributed by atoms with E-state index in [1.807, 2.05) is 5.38 Å². The molecule has 0 aliphatic heterocycles. The lowest BCUT2D eigenvalue weighted by Gasteiger charge is -2.20. The molecule has 0 radical (unpaired) electrons. The fourth-order valence-corrected chi connectivity index (χ4v) is 4.74. The van der Waals surface area contributed by atoms with Gasteiger partial charge in [-0.2, -0.15) is 0 Å². The first-order chi connectivity index (χ1) is 13.0. The molecule has 0 amide bonds. The summed E-state index contributed by atoms with van der Waals surface area (Å²) in [5.74, 6) is 1.66. The Morgan fingerprint density at radius 1 is 1.30 bits per heavy atom. The molecule has 1 atom stereocenters. The van der Waals surface area contributed by atoms with Crippen LogP contribution in [0.3, 0.4) is 0 Å². The van der Waals surface area contributed by atoms with E-state index in [9.17, 15) is 4.79 Å². The van der Waals surface area contributed by atoms with E-state index in [0.717, 1.165) is 47.4 Å². The zero-order valence-corrected chi connectivity index (χ0v) is 17.9. The van der Waals surface area contributed by atoms with Crippen molar-refractivity contribution in [1.82, 2.24) is 24.1 Å². The number of hydrogen-bond donors (Lipinski definition) is 1. The topological polar surface area (TPSA) is 69.5 Å². The van der Waals surface area contributed by atoms with Crippen molar-refractivity contribution in [2.75, 3.05) is 14.1 Å². The van der Waals surface area contributed by atoms with Crippen molar-refractivity contribution in [2.24, 2.45) is 0 Å². The summed E-state index contributed by atoms with van der Waals surface area (Å²) in [6, 6.07) is 1.94. The van der Waals surface area contributed by atoms with Gasteiger partial charge in [0.2, 0.25) is 0 Å². The van der Waals surface area contributed by atoms with Gasteiger partial charge in [0, 0.05) is 36.4 Å². The molecule has 3 aromatic heterocycles. The predicted molar refractivity (Wildman–Crippen MR) is 110 cm³/mol. The van der Waals surface area contributed by atoms with E-state index in [4.69, 9.17) is 0 Å². The Morgan fingerprint density at radius 2 is 2.11 bits per heavy atom. The second-order valence-electron chi connectivity index (χ2n) is 6.81. The first-order valence-electron chi connectivity index (χ1n) is 9.36. The Morgan fingerprint density at radius 3 is 2.81 bits per heavy atom. The molecule has 27 heavy (non-hydrogen) atoms. The summed E-state index contributed by atoms with van der Waals surface area (Å²) in [6.07, 6.45) is 5.00. The molecule has 0 spiro atoms. The van der Waals surface area contributed by atoms with Crippen molar-refractivity contribution in [1.29, 1.82) is 0 Å². The van der Waals surface area contributed by atoms with Crippen LogP contribution in [-0.4, -0.2) is 38.2 Å². The van der Waals surface area contributed by atoms with E-state index < -0.39 is 0 Å². The average molecular weight is 408 g/mol. The molecule has 0 saturated carbocycles. The van der Waals surface area contributed by atoms with Crippen LogP contribution in [0.4, 0.5) is 0 Å². The van der Waals surface area contributed by atoms with Gasteiger partial charge >= 0.3 is 0 Å². The maximum atomic E-state index is 12.2. The Bertz CT molecular complexity index is 945. The first kappa shape index (κ1) is 20.0. The lowest BCUT2D eigenvalue weighted by atomic mass is 10.2. The number of rotatable bonds is 9. The minimum absolute atomic E-state index is 0.0350. The van der Waals surface area contributed by atoms with E-state index >= 15 is 0 Å². The summed E-state index contributed by atoms with van der Waals surface area (Å²) < 4.78 is 3.83. The van der Waals surface area contributed by atoms with E-state index in [1.54, 1.807) is 28.4 Å². The number of unbranched alkanes of at least 4 members (excludes halogenated alkanes) is 1. The first-order valence-corrected chi connectivity index (χ1v) is 11.2. The molecule has 0 aromatic carbocycles. The minimum Gasteiger partial charge on any atom is -0.331 e. The fraction of sp³-hybridized carbons (Fsp3) is 0.556. The van der Waals surface area contributed by atoms with Crippen LogP contribution >= 0.6 is 23.1 Å². The lowest BCUT2D eigenvalue weighted by Crippen LogP contribution is -3.06. The molecule has 0 saturated heterocycles. The van der Waals surface area contributed by atoms with Crippen LogP contribution in [0.15, 0.2) is 27.6 Å². The number of thiazole rings is 1. The molecule has 0 fully saturated rings. The third-order valence-corrected chi connectivity index (χ3v) is 6.36. The largest absolute Gasteiger partial charge is 0.331 e. The zero-order valence-electron chi connectivity index (χ0n) is 16.3. The second kappa shape index (κ2) is 8.99. The zero-order chi connectivity index (χ0) is 19.4.